The number of carbonyl (C=O) groups is 2. The Kier molecular flexibility index (Phi) is 7.36. The van der Waals surface area contributed by atoms with E-state index in [0.717, 1.165) is 15.7 Å². The lowest BCUT2D eigenvalue weighted by atomic mass is 10.1. The second-order valence-electron chi connectivity index (χ2n) is 7.81. The number of anilines is 1. The summed E-state index contributed by atoms with van der Waals surface area (Å²) >= 11 is 3.38. The molecule has 0 saturated heterocycles. The second kappa shape index (κ2) is 10.6. The fourth-order valence-corrected chi connectivity index (χ4v) is 3.86. The first-order chi connectivity index (χ1) is 16.9. The molecule has 35 heavy (non-hydrogen) atoms. The molecule has 2 aromatic carbocycles. The molecule has 0 radical (unpaired) electrons. The van der Waals surface area contributed by atoms with Crippen molar-refractivity contribution in [1.29, 1.82) is 0 Å². The molecular weight excluding hydrogens is 514 g/mol. The van der Waals surface area contributed by atoms with Gasteiger partial charge in [-0.05, 0) is 61.9 Å². The van der Waals surface area contributed by atoms with E-state index in [1.807, 2.05) is 50.2 Å². The Morgan fingerprint density at radius 1 is 1.06 bits per heavy atom. The highest BCUT2D eigenvalue weighted by Crippen LogP contribution is 2.23. The van der Waals surface area contributed by atoms with Gasteiger partial charge in [0.15, 0.2) is 5.76 Å². The number of halogens is 1. The van der Waals surface area contributed by atoms with Gasteiger partial charge < -0.3 is 19.2 Å². The lowest BCUT2D eigenvalue weighted by Crippen LogP contribution is -2.13. The Labute approximate surface area is 211 Å². The Bertz CT molecular complexity index is 1360. The van der Waals surface area contributed by atoms with Crippen LogP contribution in [-0.2, 0) is 17.9 Å². The second-order valence-corrected chi connectivity index (χ2v) is 8.73. The van der Waals surface area contributed by atoms with E-state index in [1.165, 1.54) is 7.11 Å². The van der Waals surface area contributed by atoms with E-state index in [9.17, 15) is 9.59 Å². The van der Waals surface area contributed by atoms with Crippen LogP contribution < -0.4 is 10.1 Å². The van der Waals surface area contributed by atoms with E-state index in [0.29, 0.717) is 35.0 Å². The average molecular weight is 538 g/mol. The van der Waals surface area contributed by atoms with Crippen molar-refractivity contribution < 1.29 is 23.5 Å². The largest absolute Gasteiger partial charge is 0.486 e. The van der Waals surface area contributed by atoms with Crippen LogP contribution in [0, 0.1) is 13.8 Å². The summed E-state index contributed by atoms with van der Waals surface area (Å²) in [5, 5.41) is 7.44. The number of hydrogen-bond donors (Lipinski definition) is 1. The minimum absolute atomic E-state index is 0.169. The van der Waals surface area contributed by atoms with Crippen molar-refractivity contribution in [1.82, 2.24) is 9.78 Å². The van der Waals surface area contributed by atoms with Crippen LogP contribution in [0.15, 0.2) is 69.6 Å². The molecule has 2 aromatic heterocycles. The molecule has 4 aromatic rings. The summed E-state index contributed by atoms with van der Waals surface area (Å²) in [5.74, 6) is 0.598. The lowest BCUT2D eigenvalue weighted by molar-refractivity contribution is 0.0599. The molecule has 0 spiro atoms. The predicted molar refractivity (Wildman–Crippen MR) is 134 cm³/mol. The number of hydrogen-bond acceptors (Lipinski definition) is 6. The van der Waals surface area contributed by atoms with Crippen LogP contribution in [0.5, 0.6) is 5.75 Å². The highest BCUT2D eigenvalue weighted by molar-refractivity contribution is 9.10. The number of nitrogens with zero attached hydrogens (tertiary/aromatic N) is 2. The van der Waals surface area contributed by atoms with Crippen LogP contribution in [0.4, 0.5) is 5.69 Å². The van der Waals surface area contributed by atoms with Crippen LogP contribution in [0.3, 0.4) is 0 Å². The third-order valence-electron chi connectivity index (χ3n) is 5.44. The van der Waals surface area contributed by atoms with Crippen LogP contribution in [-0.4, -0.2) is 28.8 Å². The van der Waals surface area contributed by atoms with Crippen LogP contribution in [0.1, 0.15) is 43.6 Å². The SMILES string of the molecule is COC(=O)c1ccccc1Cn1nc(C)c(NC(=O)c2ccc(COc3ccc(Br)cc3)o2)c1C. The van der Waals surface area contributed by atoms with Gasteiger partial charge in [-0.25, -0.2) is 4.79 Å². The van der Waals surface area contributed by atoms with Gasteiger partial charge in [0.25, 0.3) is 5.91 Å². The Hall–Kier alpha value is -3.85. The Morgan fingerprint density at radius 2 is 1.80 bits per heavy atom. The fraction of sp³-hybridized carbons (Fsp3) is 0.192. The monoisotopic (exact) mass is 537 g/mol. The highest BCUT2D eigenvalue weighted by atomic mass is 79.9. The van der Waals surface area contributed by atoms with Gasteiger partial charge in [-0.2, -0.15) is 5.10 Å². The molecule has 4 rings (SSSR count). The van der Waals surface area contributed by atoms with Gasteiger partial charge in [-0.3, -0.25) is 9.48 Å². The zero-order valence-corrected chi connectivity index (χ0v) is 21.1. The molecule has 0 unspecified atom stereocenters. The number of esters is 1. The molecule has 8 nitrogen and oxygen atoms in total. The molecule has 9 heteroatoms. The number of aryl methyl sites for hydroxylation is 1. The minimum atomic E-state index is -0.409. The molecule has 0 fully saturated rings. The molecule has 0 atom stereocenters. The maximum atomic E-state index is 12.8. The maximum Gasteiger partial charge on any atom is 0.338 e. The third kappa shape index (κ3) is 5.63. The van der Waals surface area contributed by atoms with Gasteiger partial charge in [0.2, 0.25) is 0 Å². The molecule has 180 valence electrons. The predicted octanol–water partition coefficient (Wildman–Crippen LogP) is 5.52. The van der Waals surface area contributed by atoms with E-state index < -0.39 is 5.97 Å². The van der Waals surface area contributed by atoms with E-state index >= 15 is 0 Å². The molecule has 1 N–H and O–H groups in total. The van der Waals surface area contributed by atoms with Crippen LogP contribution in [0.2, 0.25) is 0 Å². The molecule has 0 saturated carbocycles. The van der Waals surface area contributed by atoms with Crippen LogP contribution in [0.25, 0.3) is 0 Å². The first-order valence-corrected chi connectivity index (χ1v) is 11.6. The van der Waals surface area contributed by atoms with Crippen molar-refractivity contribution >= 4 is 33.5 Å². The highest BCUT2D eigenvalue weighted by Gasteiger charge is 2.19. The topological polar surface area (TPSA) is 95.6 Å². The number of nitrogens with one attached hydrogen (secondary N) is 1. The summed E-state index contributed by atoms with van der Waals surface area (Å²) in [4.78, 5) is 24.9. The maximum absolute atomic E-state index is 12.8. The smallest absolute Gasteiger partial charge is 0.338 e. The normalized spacial score (nSPS) is 10.7. The molecule has 1 amide bonds. The molecule has 0 aliphatic carbocycles. The van der Waals surface area contributed by atoms with Crippen molar-refractivity contribution in [2.24, 2.45) is 0 Å². The summed E-state index contributed by atoms with van der Waals surface area (Å²) < 4.78 is 19.0. The van der Waals surface area contributed by atoms with Gasteiger partial charge in [-0.1, -0.05) is 34.1 Å². The van der Waals surface area contributed by atoms with E-state index in [1.54, 1.807) is 28.9 Å². The average Bonchev–Trinajstić information content (AvgIpc) is 3.44. The molecule has 0 aliphatic rings. The quantitative estimate of drug-likeness (QED) is 0.297. The Balaban J connectivity index is 1.44. The number of furan rings is 1. The van der Waals surface area contributed by atoms with Crippen molar-refractivity contribution in [3.8, 4) is 5.75 Å². The van der Waals surface area contributed by atoms with E-state index in [4.69, 9.17) is 13.9 Å². The Morgan fingerprint density at radius 3 is 2.54 bits per heavy atom. The molecule has 0 aliphatic heterocycles. The van der Waals surface area contributed by atoms with Gasteiger partial charge in [0.05, 0.1) is 36.3 Å². The zero-order chi connectivity index (χ0) is 24.9. The first-order valence-electron chi connectivity index (χ1n) is 10.8. The summed E-state index contributed by atoms with van der Waals surface area (Å²) in [7, 11) is 1.35. The van der Waals surface area contributed by atoms with E-state index in [2.05, 4.69) is 26.3 Å². The summed E-state index contributed by atoms with van der Waals surface area (Å²) in [6.07, 6.45) is 0. The van der Waals surface area contributed by atoms with Crippen molar-refractivity contribution in [2.45, 2.75) is 27.0 Å². The number of benzene rings is 2. The van der Waals surface area contributed by atoms with Gasteiger partial charge >= 0.3 is 5.97 Å². The fourth-order valence-electron chi connectivity index (χ4n) is 3.60. The minimum Gasteiger partial charge on any atom is -0.486 e. The van der Waals surface area contributed by atoms with Crippen LogP contribution >= 0.6 is 15.9 Å². The molecule has 2 heterocycles. The summed E-state index contributed by atoms with van der Waals surface area (Å²) in [6, 6.07) is 18.0. The van der Waals surface area contributed by atoms with Gasteiger partial charge in [-0.15, -0.1) is 0 Å². The number of ether oxygens (including phenoxy) is 2. The standard InChI is InChI=1S/C26H24BrN3O5/c1-16-24(17(2)30(29-16)14-18-6-4-5-7-22(18)26(32)33-3)28-25(31)23-13-12-21(35-23)15-34-20-10-8-19(27)9-11-20/h4-13H,14-15H2,1-3H3,(H,28,31). The van der Waals surface area contributed by atoms with E-state index in [-0.39, 0.29) is 18.3 Å². The summed E-state index contributed by atoms with van der Waals surface area (Å²) in [6.45, 7) is 4.22. The third-order valence-corrected chi connectivity index (χ3v) is 5.97. The zero-order valence-electron chi connectivity index (χ0n) is 19.5. The first kappa shape index (κ1) is 24.3. The molecular formula is C26H24BrN3O5. The number of carbonyl (C=O) groups excluding carboxylic acids is 2. The van der Waals surface area contributed by atoms with Crippen molar-refractivity contribution in [3.05, 3.63) is 99.2 Å². The number of amides is 1. The van der Waals surface area contributed by atoms with Gasteiger partial charge in [0, 0.05) is 4.47 Å². The van der Waals surface area contributed by atoms with Crippen molar-refractivity contribution in [3.63, 3.8) is 0 Å². The number of rotatable bonds is 8. The number of methoxy groups -OCH3 is 1. The molecule has 0 bridgehead atoms. The van der Waals surface area contributed by atoms with Gasteiger partial charge in [0.1, 0.15) is 18.1 Å². The number of aromatic nitrogens is 2. The van der Waals surface area contributed by atoms with Crippen molar-refractivity contribution in [2.75, 3.05) is 12.4 Å². The lowest BCUT2D eigenvalue weighted by Gasteiger charge is -2.10. The summed E-state index contributed by atoms with van der Waals surface area (Å²) in [5.41, 5.74) is 3.23.